The summed E-state index contributed by atoms with van der Waals surface area (Å²) in [5.41, 5.74) is 0.904. The number of rotatable bonds is 7. The van der Waals surface area contributed by atoms with E-state index in [-0.39, 0.29) is 5.91 Å². The lowest BCUT2D eigenvalue weighted by atomic mass is 10.2. The Morgan fingerprint density at radius 1 is 1.55 bits per heavy atom. The number of anilines is 1. The number of aryl methyl sites for hydroxylation is 1. The summed E-state index contributed by atoms with van der Waals surface area (Å²) >= 11 is 1.39. The first-order valence-corrected chi connectivity index (χ1v) is 7.75. The summed E-state index contributed by atoms with van der Waals surface area (Å²) in [6.45, 7) is 7.29. The van der Waals surface area contributed by atoms with Crippen LogP contribution in [-0.2, 0) is 4.74 Å². The predicted molar refractivity (Wildman–Crippen MR) is 89.7 cm³/mol. The second-order valence-electron chi connectivity index (χ2n) is 4.85. The third-order valence-corrected chi connectivity index (χ3v) is 4.50. The van der Waals surface area contributed by atoms with Gasteiger partial charge in [0.2, 0.25) is 0 Å². The molecule has 0 aromatic carbocycles. The normalized spacial score (nSPS) is 10.7. The summed E-state index contributed by atoms with van der Waals surface area (Å²) in [4.78, 5) is 24.3. The molecule has 1 amide bonds. The van der Waals surface area contributed by atoms with Crippen LogP contribution in [0.1, 0.15) is 15.2 Å². The second-order valence-corrected chi connectivity index (χ2v) is 5.85. The molecule has 2 heterocycles. The number of likely N-dealkylation sites (N-methyl/N-ethyl adjacent to an activating group) is 1. The Morgan fingerprint density at radius 3 is 3.00 bits per heavy atom. The number of hydrogen-bond donors (Lipinski definition) is 1. The summed E-state index contributed by atoms with van der Waals surface area (Å²) in [6.07, 6.45) is 3.27. The lowest BCUT2D eigenvalue weighted by molar-refractivity contribution is 0.0748. The van der Waals surface area contributed by atoms with Crippen LogP contribution in [0.25, 0.3) is 10.2 Å². The molecule has 2 aromatic rings. The van der Waals surface area contributed by atoms with E-state index in [1.54, 1.807) is 25.1 Å². The number of ether oxygens (including phenoxy) is 1. The third kappa shape index (κ3) is 3.26. The fourth-order valence-corrected chi connectivity index (χ4v) is 3.22. The maximum Gasteiger partial charge on any atom is 0.264 e. The van der Waals surface area contributed by atoms with E-state index in [1.807, 2.05) is 6.92 Å². The first-order valence-electron chi connectivity index (χ1n) is 6.93. The van der Waals surface area contributed by atoms with Gasteiger partial charge in [0.25, 0.3) is 5.91 Å². The molecule has 0 fully saturated rings. The highest BCUT2D eigenvalue weighted by Gasteiger charge is 2.21. The minimum Gasteiger partial charge on any atom is -0.383 e. The second kappa shape index (κ2) is 7.33. The third-order valence-electron chi connectivity index (χ3n) is 3.31. The van der Waals surface area contributed by atoms with Crippen molar-refractivity contribution in [3.8, 4) is 0 Å². The topological polar surface area (TPSA) is 67.4 Å². The van der Waals surface area contributed by atoms with Gasteiger partial charge in [-0.15, -0.1) is 17.9 Å². The first kappa shape index (κ1) is 16.4. The molecule has 6 nitrogen and oxygen atoms in total. The summed E-state index contributed by atoms with van der Waals surface area (Å²) in [5.74, 6) is 0.712. The molecule has 2 aromatic heterocycles. The lowest BCUT2D eigenvalue weighted by Gasteiger charge is -2.16. The van der Waals surface area contributed by atoms with Crippen LogP contribution >= 0.6 is 11.3 Å². The highest BCUT2D eigenvalue weighted by Crippen LogP contribution is 2.33. The van der Waals surface area contributed by atoms with Crippen LogP contribution in [0.4, 0.5) is 5.82 Å². The number of nitrogens with one attached hydrogen (secondary N) is 1. The van der Waals surface area contributed by atoms with Gasteiger partial charge >= 0.3 is 0 Å². The summed E-state index contributed by atoms with van der Waals surface area (Å²) in [5, 5.41) is 4.09. The van der Waals surface area contributed by atoms with Crippen molar-refractivity contribution in [1.29, 1.82) is 0 Å². The quantitative estimate of drug-likeness (QED) is 0.793. The number of carbonyl (C=O) groups excluding carboxylic acids is 1. The number of aromatic nitrogens is 2. The molecular weight excluding hydrogens is 300 g/mol. The Labute approximate surface area is 133 Å². The smallest absolute Gasteiger partial charge is 0.264 e. The maximum absolute atomic E-state index is 12.6. The van der Waals surface area contributed by atoms with Crippen LogP contribution in [0.5, 0.6) is 0 Å². The van der Waals surface area contributed by atoms with Crippen molar-refractivity contribution in [3.63, 3.8) is 0 Å². The molecular formula is C15H20N4O2S. The van der Waals surface area contributed by atoms with Gasteiger partial charge in [-0.3, -0.25) is 4.79 Å². The molecule has 0 unspecified atom stereocenters. The molecule has 7 heteroatoms. The molecule has 0 aliphatic rings. The SMILES string of the molecule is C=CCNc1ncnc2sc(C(=O)N(C)CCOC)c(C)c12. The van der Waals surface area contributed by atoms with Gasteiger partial charge in [0.1, 0.15) is 17.0 Å². The highest BCUT2D eigenvalue weighted by molar-refractivity contribution is 7.20. The lowest BCUT2D eigenvalue weighted by Crippen LogP contribution is -2.29. The number of methoxy groups -OCH3 is 1. The molecule has 118 valence electrons. The molecule has 0 aliphatic heterocycles. The summed E-state index contributed by atoms with van der Waals surface area (Å²) in [7, 11) is 3.39. The van der Waals surface area contributed by atoms with Gasteiger partial charge in [0, 0.05) is 27.2 Å². The maximum atomic E-state index is 12.6. The average molecular weight is 320 g/mol. The van der Waals surface area contributed by atoms with Gasteiger partial charge < -0.3 is 15.0 Å². The van der Waals surface area contributed by atoms with Crippen molar-refractivity contribution < 1.29 is 9.53 Å². The molecule has 22 heavy (non-hydrogen) atoms. The van der Waals surface area contributed by atoms with Crippen molar-refractivity contribution >= 4 is 33.3 Å². The minimum absolute atomic E-state index is 0.0211. The van der Waals surface area contributed by atoms with Gasteiger partial charge in [0.15, 0.2) is 0 Å². The Balaban J connectivity index is 2.37. The Hall–Kier alpha value is -1.99. The average Bonchev–Trinajstić information content (AvgIpc) is 2.87. The molecule has 0 bridgehead atoms. The van der Waals surface area contributed by atoms with Crippen LogP contribution < -0.4 is 5.32 Å². The van der Waals surface area contributed by atoms with Gasteiger partial charge in [-0.05, 0) is 12.5 Å². The number of amides is 1. The van der Waals surface area contributed by atoms with Crippen molar-refractivity contribution in [2.75, 3.05) is 39.2 Å². The van der Waals surface area contributed by atoms with Crippen LogP contribution in [0.15, 0.2) is 19.0 Å². The monoisotopic (exact) mass is 320 g/mol. The molecule has 1 N–H and O–H groups in total. The molecule has 0 spiro atoms. The van der Waals surface area contributed by atoms with E-state index in [2.05, 4.69) is 21.9 Å². The van der Waals surface area contributed by atoms with Crippen molar-refractivity contribution in [1.82, 2.24) is 14.9 Å². The molecule has 0 radical (unpaired) electrons. The van der Waals surface area contributed by atoms with Crippen LogP contribution in [-0.4, -0.2) is 54.6 Å². The van der Waals surface area contributed by atoms with E-state index in [0.717, 1.165) is 21.6 Å². The molecule has 0 atom stereocenters. The van der Waals surface area contributed by atoms with E-state index in [1.165, 1.54) is 17.7 Å². The fourth-order valence-electron chi connectivity index (χ4n) is 2.08. The van der Waals surface area contributed by atoms with E-state index >= 15 is 0 Å². The highest BCUT2D eigenvalue weighted by atomic mass is 32.1. The van der Waals surface area contributed by atoms with Gasteiger partial charge in [-0.25, -0.2) is 9.97 Å². The Morgan fingerprint density at radius 2 is 2.32 bits per heavy atom. The van der Waals surface area contributed by atoms with Crippen molar-refractivity contribution in [2.24, 2.45) is 0 Å². The number of hydrogen-bond acceptors (Lipinski definition) is 6. The standard InChI is InChI=1S/C15H20N4O2S/c1-5-6-16-13-11-10(2)12(22-14(11)18-9-17-13)15(20)19(3)7-8-21-4/h5,9H,1,6-8H2,2-4H3,(H,16,17,18). The van der Waals surface area contributed by atoms with E-state index in [9.17, 15) is 4.79 Å². The predicted octanol–water partition coefficient (Wildman–Crippen LogP) is 2.32. The van der Waals surface area contributed by atoms with Crippen LogP contribution in [0.2, 0.25) is 0 Å². The summed E-state index contributed by atoms with van der Waals surface area (Å²) in [6, 6.07) is 0. The number of thiophene rings is 1. The van der Waals surface area contributed by atoms with E-state index in [4.69, 9.17) is 4.74 Å². The van der Waals surface area contributed by atoms with Gasteiger partial charge in [0.05, 0.1) is 16.9 Å². The zero-order chi connectivity index (χ0) is 16.1. The molecule has 0 saturated carbocycles. The Bertz CT molecular complexity index is 683. The first-order chi connectivity index (χ1) is 10.6. The zero-order valence-electron chi connectivity index (χ0n) is 13.0. The van der Waals surface area contributed by atoms with Crippen molar-refractivity contribution in [3.05, 3.63) is 29.4 Å². The van der Waals surface area contributed by atoms with Gasteiger partial charge in [-0.2, -0.15) is 0 Å². The number of nitrogens with zero attached hydrogens (tertiary/aromatic N) is 3. The van der Waals surface area contributed by atoms with Crippen LogP contribution in [0.3, 0.4) is 0 Å². The molecule has 0 aliphatic carbocycles. The van der Waals surface area contributed by atoms with E-state index in [0.29, 0.717) is 24.6 Å². The van der Waals surface area contributed by atoms with E-state index < -0.39 is 0 Å². The Kier molecular flexibility index (Phi) is 5.46. The number of carbonyl (C=O) groups is 1. The van der Waals surface area contributed by atoms with Crippen LogP contribution in [0, 0.1) is 6.92 Å². The van der Waals surface area contributed by atoms with Crippen molar-refractivity contribution in [2.45, 2.75) is 6.92 Å². The zero-order valence-corrected chi connectivity index (χ0v) is 13.9. The largest absolute Gasteiger partial charge is 0.383 e. The molecule has 0 saturated heterocycles. The molecule has 2 rings (SSSR count). The van der Waals surface area contributed by atoms with Gasteiger partial charge in [-0.1, -0.05) is 6.08 Å². The fraction of sp³-hybridized carbons (Fsp3) is 0.400. The summed E-state index contributed by atoms with van der Waals surface area (Å²) < 4.78 is 5.02. The minimum atomic E-state index is -0.0211. The number of fused-ring (bicyclic) bond motifs is 1.